The quantitative estimate of drug-likeness (QED) is 0.317. The van der Waals surface area contributed by atoms with Crippen LogP contribution in [0.25, 0.3) is 0 Å². The number of esters is 1. The Bertz CT molecular complexity index is 1210. The Morgan fingerprint density at radius 3 is 2.11 bits per heavy atom. The summed E-state index contributed by atoms with van der Waals surface area (Å²) >= 11 is 0. The van der Waals surface area contributed by atoms with E-state index in [0.717, 1.165) is 18.4 Å². The Morgan fingerprint density at radius 2 is 1.61 bits per heavy atom. The van der Waals surface area contributed by atoms with E-state index in [2.05, 4.69) is 10.6 Å². The number of benzene rings is 1. The number of hydrogen-bond donors (Lipinski definition) is 2. The fourth-order valence-corrected chi connectivity index (χ4v) is 6.27. The number of carbonyl (C=O) groups is 5. The number of nitrogens with zero attached hydrogens (tertiary/aromatic N) is 3. The lowest BCUT2D eigenvalue weighted by Gasteiger charge is -2.41. The van der Waals surface area contributed by atoms with E-state index in [1.165, 1.54) is 23.8 Å². The van der Waals surface area contributed by atoms with Gasteiger partial charge in [-0.1, -0.05) is 78.8 Å². The van der Waals surface area contributed by atoms with Gasteiger partial charge in [0, 0.05) is 32.5 Å². The molecule has 1 aromatic carbocycles. The highest BCUT2D eigenvalue weighted by molar-refractivity contribution is 5.91. The second-order valence-corrected chi connectivity index (χ2v) is 14.4. The number of nitrogens with one attached hydrogen (secondary N) is 2. The minimum Gasteiger partial charge on any atom is -0.467 e. The third-order valence-corrected chi connectivity index (χ3v) is 9.28. The van der Waals surface area contributed by atoms with Crippen molar-refractivity contribution in [3.05, 3.63) is 35.9 Å². The number of carbonyl (C=O) groups excluding carboxylic acids is 5. The molecule has 46 heavy (non-hydrogen) atoms. The highest BCUT2D eigenvalue weighted by Crippen LogP contribution is 2.29. The van der Waals surface area contributed by atoms with Crippen LogP contribution in [0.5, 0.6) is 0 Å². The van der Waals surface area contributed by atoms with E-state index in [4.69, 9.17) is 4.74 Å². The molecule has 1 heterocycles. The molecule has 11 heteroatoms. The van der Waals surface area contributed by atoms with Crippen LogP contribution in [0.2, 0.25) is 0 Å². The SMILES string of the molecule is CNC(C(=O)NC(C(=O)N(C)C(CN(CC(=O)N1CCCCC1C(=O)OC)C(C)=O)C(C)C)C(C)(C)C)C(C)(C)c1ccccc1. The van der Waals surface area contributed by atoms with E-state index >= 15 is 0 Å². The van der Waals surface area contributed by atoms with Crippen LogP contribution in [0.3, 0.4) is 0 Å². The average molecular weight is 644 g/mol. The zero-order valence-electron chi connectivity index (χ0n) is 29.8. The first-order chi connectivity index (χ1) is 21.4. The molecule has 0 radical (unpaired) electrons. The summed E-state index contributed by atoms with van der Waals surface area (Å²) in [5.41, 5.74) is -0.222. The molecule has 4 amide bonds. The van der Waals surface area contributed by atoms with E-state index in [-0.39, 0.29) is 42.6 Å². The number of rotatable bonds is 13. The zero-order chi connectivity index (χ0) is 35.0. The standard InChI is InChI=1S/C35H57N5O6/c1-23(2)27(21-39(24(3)41)22-28(42)40-20-16-15-19-26(40)33(45)46-11)38(10)32(44)30(34(4,5)6)37-31(43)29(36-9)35(7,8)25-17-13-12-14-18-25/h12-14,17-18,23,26-27,29-30,36H,15-16,19-22H2,1-11H3,(H,37,43). The van der Waals surface area contributed by atoms with Gasteiger partial charge in [0.1, 0.15) is 12.1 Å². The summed E-state index contributed by atoms with van der Waals surface area (Å²) in [6, 6.07) is 7.16. The lowest BCUT2D eigenvalue weighted by atomic mass is 9.76. The van der Waals surface area contributed by atoms with Crippen LogP contribution in [0.15, 0.2) is 30.3 Å². The summed E-state index contributed by atoms with van der Waals surface area (Å²) in [5, 5.41) is 6.21. The molecule has 0 aromatic heterocycles. The summed E-state index contributed by atoms with van der Waals surface area (Å²) in [6.07, 6.45) is 2.09. The van der Waals surface area contributed by atoms with Gasteiger partial charge in [-0.05, 0) is 43.2 Å². The number of ether oxygens (including phenoxy) is 1. The Kier molecular flexibility index (Phi) is 13.8. The number of methoxy groups -OCH3 is 1. The number of likely N-dealkylation sites (tertiary alicyclic amines) is 1. The molecule has 1 fully saturated rings. The number of piperidine rings is 1. The van der Waals surface area contributed by atoms with Gasteiger partial charge in [-0.2, -0.15) is 0 Å². The van der Waals surface area contributed by atoms with Gasteiger partial charge in [0.25, 0.3) is 0 Å². The predicted molar refractivity (Wildman–Crippen MR) is 179 cm³/mol. The fraction of sp³-hybridized carbons (Fsp3) is 0.686. The maximum atomic E-state index is 14.2. The molecule has 1 aromatic rings. The van der Waals surface area contributed by atoms with E-state index < -0.39 is 41.0 Å². The molecular formula is C35H57N5O6. The third kappa shape index (κ3) is 9.53. The Morgan fingerprint density at radius 1 is 1.00 bits per heavy atom. The van der Waals surface area contributed by atoms with Crippen LogP contribution in [-0.4, -0.2) is 109 Å². The fourth-order valence-electron chi connectivity index (χ4n) is 6.27. The molecule has 1 aliphatic heterocycles. The molecule has 11 nitrogen and oxygen atoms in total. The van der Waals surface area contributed by atoms with Crippen LogP contribution in [0.4, 0.5) is 0 Å². The molecule has 0 bridgehead atoms. The average Bonchev–Trinajstić information content (AvgIpc) is 3.00. The summed E-state index contributed by atoms with van der Waals surface area (Å²) in [7, 11) is 4.72. The van der Waals surface area contributed by atoms with Crippen molar-refractivity contribution in [3.63, 3.8) is 0 Å². The van der Waals surface area contributed by atoms with Gasteiger partial charge >= 0.3 is 5.97 Å². The van der Waals surface area contributed by atoms with Crippen LogP contribution in [0, 0.1) is 11.3 Å². The maximum absolute atomic E-state index is 14.2. The monoisotopic (exact) mass is 643 g/mol. The molecule has 4 atom stereocenters. The summed E-state index contributed by atoms with van der Waals surface area (Å²) in [4.78, 5) is 71.2. The van der Waals surface area contributed by atoms with Crippen molar-refractivity contribution in [2.45, 2.75) is 104 Å². The van der Waals surface area contributed by atoms with E-state index in [1.54, 1.807) is 19.0 Å². The van der Waals surface area contributed by atoms with Crippen molar-refractivity contribution >= 4 is 29.6 Å². The molecule has 4 unspecified atom stereocenters. The largest absolute Gasteiger partial charge is 0.467 e. The Balaban J connectivity index is 2.30. The van der Waals surface area contributed by atoms with Gasteiger partial charge in [0.05, 0.1) is 25.7 Å². The van der Waals surface area contributed by atoms with Crippen LogP contribution in [-0.2, 0) is 34.1 Å². The van der Waals surface area contributed by atoms with Crippen molar-refractivity contribution in [3.8, 4) is 0 Å². The highest BCUT2D eigenvalue weighted by atomic mass is 16.5. The number of likely N-dealkylation sites (N-methyl/N-ethyl adjacent to an activating group) is 2. The maximum Gasteiger partial charge on any atom is 0.328 e. The van der Waals surface area contributed by atoms with Crippen LogP contribution >= 0.6 is 0 Å². The Labute approximate surface area is 275 Å². The van der Waals surface area contributed by atoms with E-state index in [1.807, 2.05) is 78.8 Å². The second-order valence-electron chi connectivity index (χ2n) is 14.4. The first-order valence-corrected chi connectivity index (χ1v) is 16.3. The zero-order valence-corrected chi connectivity index (χ0v) is 29.8. The normalized spacial score (nSPS) is 17.5. The lowest BCUT2D eigenvalue weighted by molar-refractivity contribution is -0.156. The molecule has 0 spiro atoms. The van der Waals surface area contributed by atoms with Gasteiger partial charge in [-0.25, -0.2) is 4.79 Å². The summed E-state index contributed by atoms with van der Waals surface area (Å²) in [5.74, 6) is -1.77. The van der Waals surface area contributed by atoms with Crippen molar-refractivity contribution in [2.75, 3.05) is 40.8 Å². The van der Waals surface area contributed by atoms with E-state index in [9.17, 15) is 24.0 Å². The predicted octanol–water partition coefficient (Wildman–Crippen LogP) is 2.97. The Hall–Kier alpha value is -3.47. The van der Waals surface area contributed by atoms with Crippen LogP contribution in [0.1, 0.15) is 80.2 Å². The number of hydrogen-bond acceptors (Lipinski definition) is 7. The molecule has 1 saturated heterocycles. The smallest absolute Gasteiger partial charge is 0.328 e. The van der Waals surface area contributed by atoms with Crippen molar-refractivity contribution in [1.29, 1.82) is 0 Å². The lowest BCUT2D eigenvalue weighted by Crippen LogP contribution is -2.62. The highest BCUT2D eigenvalue weighted by Gasteiger charge is 2.42. The van der Waals surface area contributed by atoms with Crippen molar-refractivity contribution in [1.82, 2.24) is 25.3 Å². The molecule has 258 valence electrons. The van der Waals surface area contributed by atoms with Gasteiger partial charge < -0.3 is 30.1 Å². The van der Waals surface area contributed by atoms with Gasteiger partial charge in [0.15, 0.2) is 0 Å². The van der Waals surface area contributed by atoms with Gasteiger partial charge in [-0.3, -0.25) is 19.2 Å². The topological polar surface area (TPSA) is 128 Å². The first-order valence-electron chi connectivity index (χ1n) is 16.3. The summed E-state index contributed by atoms with van der Waals surface area (Å²) in [6.45, 7) is 15.3. The van der Waals surface area contributed by atoms with E-state index in [0.29, 0.717) is 13.0 Å². The molecule has 2 rings (SSSR count). The molecule has 2 N–H and O–H groups in total. The molecule has 0 aliphatic carbocycles. The van der Waals surface area contributed by atoms with Crippen molar-refractivity contribution in [2.24, 2.45) is 11.3 Å². The van der Waals surface area contributed by atoms with Crippen molar-refractivity contribution < 1.29 is 28.7 Å². The summed E-state index contributed by atoms with van der Waals surface area (Å²) < 4.78 is 4.93. The molecular weight excluding hydrogens is 586 g/mol. The second kappa shape index (κ2) is 16.4. The minimum atomic E-state index is -0.866. The molecule has 1 aliphatic rings. The molecule has 0 saturated carbocycles. The van der Waals surface area contributed by atoms with Crippen LogP contribution < -0.4 is 10.6 Å². The van der Waals surface area contributed by atoms with Gasteiger partial charge in [0.2, 0.25) is 23.6 Å². The minimum absolute atomic E-state index is 0.0814. The first kappa shape index (κ1) is 38.7. The van der Waals surface area contributed by atoms with Gasteiger partial charge in [-0.15, -0.1) is 0 Å². The third-order valence-electron chi connectivity index (χ3n) is 9.28. The number of amides is 4.